The SMILES string of the molecule is Cc1ccc(Oc2ccc(N3C(=O)[C@@H]4C5c6ccccc6C(c6ccccc65)[C@]4(C)C3=O)cc2)cc1. The summed E-state index contributed by atoms with van der Waals surface area (Å²) in [5, 5.41) is 0. The van der Waals surface area contributed by atoms with Gasteiger partial charge in [0.2, 0.25) is 11.8 Å². The molecule has 4 heteroatoms. The smallest absolute Gasteiger partial charge is 0.241 e. The Morgan fingerprint density at radius 2 is 1.19 bits per heavy atom. The molecule has 0 aromatic heterocycles. The molecule has 2 bridgehead atoms. The fraction of sp³-hybridized carbons (Fsp3) is 0.188. The van der Waals surface area contributed by atoms with Crippen LogP contribution in [0.25, 0.3) is 0 Å². The van der Waals surface area contributed by atoms with Gasteiger partial charge in [-0.1, -0.05) is 66.2 Å². The van der Waals surface area contributed by atoms with E-state index >= 15 is 0 Å². The number of carbonyl (C=O) groups excluding carboxylic acids is 2. The Morgan fingerprint density at radius 3 is 1.75 bits per heavy atom. The largest absolute Gasteiger partial charge is 0.457 e. The van der Waals surface area contributed by atoms with Crippen LogP contribution in [0.1, 0.15) is 46.6 Å². The Kier molecular flexibility index (Phi) is 4.35. The maximum Gasteiger partial charge on any atom is 0.241 e. The van der Waals surface area contributed by atoms with Gasteiger partial charge in [-0.15, -0.1) is 0 Å². The summed E-state index contributed by atoms with van der Waals surface area (Å²) in [5.41, 5.74) is 5.61. The van der Waals surface area contributed by atoms with Crippen molar-refractivity contribution in [1.29, 1.82) is 0 Å². The van der Waals surface area contributed by atoms with E-state index < -0.39 is 11.3 Å². The second kappa shape index (κ2) is 7.41. The van der Waals surface area contributed by atoms with Crippen molar-refractivity contribution in [2.75, 3.05) is 4.90 Å². The summed E-state index contributed by atoms with van der Waals surface area (Å²) in [6.07, 6.45) is 0. The fourth-order valence-electron chi connectivity index (χ4n) is 6.77. The number of hydrogen-bond acceptors (Lipinski definition) is 3. The van der Waals surface area contributed by atoms with Gasteiger partial charge in [0.1, 0.15) is 11.5 Å². The summed E-state index contributed by atoms with van der Waals surface area (Å²) in [6.45, 7) is 4.03. The van der Waals surface area contributed by atoms with Crippen molar-refractivity contribution < 1.29 is 14.3 Å². The third-order valence-electron chi connectivity index (χ3n) is 8.37. The highest BCUT2D eigenvalue weighted by atomic mass is 16.5. The molecule has 36 heavy (non-hydrogen) atoms. The number of aryl methyl sites for hydroxylation is 1. The summed E-state index contributed by atoms with van der Waals surface area (Å²) < 4.78 is 5.96. The summed E-state index contributed by atoms with van der Waals surface area (Å²) in [5.74, 6) is 0.460. The molecule has 2 amide bonds. The quantitative estimate of drug-likeness (QED) is 0.317. The minimum atomic E-state index is -0.832. The number of rotatable bonds is 3. The number of anilines is 1. The number of amides is 2. The molecule has 1 aliphatic heterocycles. The topological polar surface area (TPSA) is 46.6 Å². The minimum Gasteiger partial charge on any atom is -0.457 e. The van der Waals surface area contributed by atoms with Crippen LogP contribution in [0.4, 0.5) is 5.69 Å². The predicted molar refractivity (Wildman–Crippen MR) is 138 cm³/mol. The maximum atomic E-state index is 14.2. The van der Waals surface area contributed by atoms with Crippen LogP contribution in [-0.2, 0) is 9.59 Å². The molecule has 0 radical (unpaired) electrons. The van der Waals surface area contributed by atoms with Gasteiger partial charge in [0.05, 0.1) is 17.0 Å². The van der Waals surface area contributed by atoms with E-state index in [-0.39, 0.29) is 23.7 Å². The second-order valence-corrected chi connectivity index (χ2v) is 10.3. The molecule has 1 heterocycles. The van der Waals surface area contributed by atoms with Crippen LogP contribution < -0.4 is 9.64 Å². The molecule has 2 atom stereocenters. The molecular formula is C32H25NO3. The van der Waals surface area contributed by atoms with Gasteiger partial charge in [-0.2, -0.15) is 0 Å². The Morgan fingerprint density at radius 1 is 0.694 bits per heavy atom. The fourth-order valence-corrected chi connectivity index (χ4v) is 6.77. The number of hydrogen-bond donors (Lipinski definition) is 0. The lowest BCUT2D eigenvalue weighted by atomic mass is 9.48. The lowest BCUT2D eigenvalue weighted by molar-refractivity contribution is -0.128. The van der Waals surface area contributed by atoms with Gasteiger partial charge >= 0.3 is 0 Å². The second-order valence-electron chi connectivity index (χ2n) is 10.3. The van der Waals surface area contributed by atoms with E-state index in [1.54, 1.807) is 0 Å². The maximum absolute atomic E-state index is 14.2. The van der Waals surface area contributed by atoms with Crippen LogP contribution in [0.15, 0.2) is 97.1 Å². The van der Waals surface area contributed by atoms with Crippen LogP contribution >= 0.6 is 0 Å². The Labute approximate surface area is 210 Å². The lowest BCUT2D eigenvalue weighted by Crippen LogP contribution is -2.49. The van der Waals surface area contributed by atoms with Crippen LogP contribution in [0.2, 0.25) is 0 Å². The molecule has 4 aliphatic rings. The average molecular weight is 472 g/mol. The first-order valence-corrected chi connectivity index (χ1v) is 12.4. The Bertz CT molecular complexity index is 1490. The molecule has 176 valence electrons. The summed E-state index contributed by atoms with van der Waals surface area (Å²) >= 11 is 0. The van der Waals surface area contributed by atoms with Crippen LogP contribution in [0.3, 0.4) is 0 Å². The van der Waals surface area contributed by atoms with E-state index in [2.05, 4.69) is 24.3 Å². The van der Waals surface area contributed by atoms with E-state index in [0.29, 0.717) is 11.4 Å². The van der Waals surface area contributed by atoms with Crippen molar-refractivity contribution >= 4 is 17.5 Å². The summed E-state index contributed by atoms with van der Waals surface area (Å²) in [4.78, 5) is 29.6. The molecule has 4 aromatic rings. The normalized spacial score (nSPS) is 25.4. The van der Waals surface area contributed by atoms with Gasteiger partial charge in [0.25, 0.3) is 0 Å². The highest BCUT2D eigenvalue weighted by Gasteiger charge is 2.68. The van der Waals surface area contributed by atoms with Crippen LogP contribution in [0.5, 0.6) is 11.5 Å². The van der Waals surface area contributed by atoms with E-state index in [0.717, 1.165) is 11.3 Å². The molecule has 3 aliphatic carbocycles. The number of carbonyl (C=O) groups is 2. The lowest BCUT2D eigenvalue weighted by Gasteiger charge is -2.51. The van der Waals surface area contributed by atoms with Gasteiger partial charge in [0.15, 0.2) is 0 Å². The van der Waals surface area contributed by atoms with E-state index in [1.165, 1.54) is 27.2 Å². The number of nitrogens with zero attached hydrogens (tertiary/aromatic N) is 1. The molecule has 0 unspecified atom stereocenters. The van der Waals surface area contributed by atoms with Crippen molar-refractivity contribution in [3.05, 3.63) is 125 Å². The zero-order valence-corrected chi connectivity index (χ0v) is 20.1. The highest BCUT2D eigenvalue weighted by Crippen LogP contribution is 2.67. The molecule has 4 nitrogen and oxygen atoms in total. The molecule has 0 N–H and O–H groups in total. The number of benzene rings is 4. The zero-order valence-electron chi connectivity index (χ0n) is 20.1. The van der Waals surface area contributed by atoms with Crippen LogP contribution in [0, 0.1) is 18.3 Å². The van der Waals surface area contributed by atoms with Crippen molar-refractivity contribution in [2.24, 2.45) is 11.3 Å². The zero-order chi connectivity index (χ0) is 24.6. The minimum absolute atomic E-state index is 0.117. The molecular weight excluding hydrogens is 446 g/mol. The first-order chi connectivity index (χ1) is 17.5. The van der Waals surface area contributed by atoms with E-state index in [1.807, 2.05) is 86.6 Å². The van der Waals surface area contributed by atoms with Crippen molar-refractivity contribution in [1.82, 2.24) is 0 Å². The first kappa shape index (κ1) is 21.1. The van der Waals surface area contributed by atoms with Gasteiger partial charge < -0.3 is 4.74 Å². The molecule has 0 spiro atoms. The van der Waals surface area contributed by atoms with E-state index in [4.69, 9.17) is 4.74 Å². The summed E-state index contributed by atoms with van der Waals surface area (Å²) in [6, 6.07) is 31.7. The first-order valence-electron chi connectivity index (χ1n) is 12.4. The Balaban J connectivity index is 1.28. The van der Waals surface area contributed by atoms with Crippen molar-refractivity contribution in [2.45, 2.75) is 25.7 Å². The number of imide groups is 1. The highest BCUT2D eigenvalue weighted by molar-refractivity contribution is 6.25. The third kappa shape index (κ3) is 2.70. The van der Waals surface area contributed by atoms with Crippen LogP contribution in [-0.4, -0.2) is 11.8 Å². The molecule has 0 saturated carbocycles. The average Bonchev–Trinajstić information content (AvgIpc) is 3.11. The summed E-state index contributed by atoms with van der Waals surface area (Å²) in [7, 11) is 0. The molecule has 4 aromatic carbocycles. The van der Waals surface area contributed by atoms with Gasteiger partial charge in [-0.05, 0) is 72.5 Å². The van der Waals surface area contributed by atoms with E-state index in [9.17, 15) is 9.59 Å². The van der Waals surface area contributed by atoms with Crippen molar-refractivity contribution in [3.8, 4) is 11.5 Å². The standard InChI is InChI=1S/C32H25NO3/c1-19-11-15-21(16-12-19)36-22-17-13-20(14-18-22)33-30(34)29-27-23-7-3-5-9-25(23)28(32(29,2)31(33)35)26-10-6-4-8-24(26)27/h3-18,27-29H,1-2H3/t27?,28?,29-,32-/m0/s1. The monoisotopic (exact) mass is 471 g/mol. The molecule has 1 saturated heterocycles. The van der Waals surface area contributed by atoms with Crippen molar-refractivity contribution in [3.63, 3.8) is 0 Å². The molecule has 8 rings (SSSR count). The molecule has 1 fully saturated rings. The third-order valence-corrected chi connectivity index (χ3v) is 8.37. The van der Waals surface area contributed by atoms with Gasteiger partial charge in [-0.3, -0.25) is 9.59 Å². The number of ether oxygens (including phenoxy) is 1. The Hall–Kier alpha value is -4.18. The van der Waals surface area contributed by atoms with Gasteiger partial charge in [0, 0.05) is 11.8 Å². The van der Waals surface area contributed by atoms with Gasteiger partial charge in [-0.25, -0.2) is 4.90 Å². The predicted octanol–water partition coefficient (Wildman–Crippen LogP) is 6.57.